The molecule has 0 saturated carbocycles. The third kappa shape index (κ3) is 6.68. The molecule has 25 heavy (non-hydrogen) atoms. The van der Waals surface area contributed by atoms with Gasteiger partial charge in [-0.3, -0.25) is 4.79 Å². The maximum atomic E-state index is 12.6. The summed E-state index contributed by atoms with van der Waals surface area (Å²) in [7, 11) is 1.53. The molecule has 0 bridgehead atoms. The molecule has 2 aromatic rings. The number of rotatable bonds is 9. The molecule has 1 unspecified atom stereocenters. The van der Waals surface area contributed by atoms with E-state index in [0.717, 1.165) is 24.1 Å². The summed E-state index contributed by atoms with van der Waals surface area (Å²) in [6.07, 6.45) is 3.41. The summed E-state index contributed by atoms with van der Waals surface area (Å²) in [6.45, 7) is 2.89. The Morgan fingerprint density at radius 1 is 1.12 bits per heavy atom. The number of hydrogen-bond acceptors (Lipinski definition) is 3. The average molecular weight is 372 g/mol. The summed E-state index contributed by atoms with van der Waals surface area (Å²) in [6, 6.07) is 12.9. The molecular weight excluding hydrogens is 350 g/mol. The van der Waals surface area contributed by atoms with Crippen molar-refractivity contribution in [1.29, 1.82) is 0 Å². The minimum atomic E-state index is -0.0333. The molecule has 2 aromatic carbocycles. The predicted molar refractivity (Wildman–Crippen MR) is 107 cm³/mol. The fourth-order valence-electron chi connectivity index (χ4n) is 2.26. The van der Waals surface area contributed by atoms with Gasteiger partial charge in [0.2, 0.25) is 0 Å². The molecule has 0 fully saturated rings. The third-order valence-corrected chi connectivity index (χ3v) is 4.97. The van der Waals surface area contributed by atoms with Crippen LogP contribution in [-0.2, 0) is 0 Å². The van der Waals surface area contributed by atoms with Gasteiger partial charge in [0.1, 0.15) is 11.5 Å². The first kappa shape index (κ1) is 22.1. The van der Waals surface area contributed by atoms with E-state index < -0.39 is 0 Å². The number of methoxy groups -OCH3 is 1. The number of carbonyl (C=O) groups excluding carboxylic acids is 1. The summed E-state index contributed by atoms with van der Waals surface area (Å²) in [5.41, 5.74) is 0.411. The Morgan fingerprint density at radius 2 is 1.84 bits per heavy atom. The molecule has 3 nitrogen and oxygen atoms in total. The van der Waals surface area contributed by atoms with E-state index in [9.17, 15) is 4.79 Å². The van der Waals surface area contributed by atoms with E-state index in [0.29, 0.717) is 16.3 Å². The molecule has 0 spiro atoms. The van der Waals surface area contributed by atoms with Crippen molar-refractivity contribution in [2.45, 2.75) is 26.2 Å². The van der Waals surface area contributed by atoms with Gasteiger partial charge in [0.15, 0.2) is 5.52 Å². The molecule has 0 aromatic heterocycles. The number of carbonyl (C=O) groups is 1. The van der Waals surface area contributed by atoms with Gasteiger partial charge in [-0.1, -0.05) is 49.6 Å². The number of unbranched alkanes of at least 4 members (excludes halogenated alkanes) is 2. The normalized spacial score (nSPS) is 10.5. The van der Waals surface area contributed by atoms with Crippen molar-refractivity contribution in [3.05, 3.63) is 53.1 Å². The summed E-state index contributed by atoms with van der Waals surface area (Å²) < 4.78 is 10.9. The van der Waals surface area contributed by atoms with E-state index in [1.807, 2.05) is 24.3 Å². The molecule has 0 aliphatic carbocycles. The molecule has 0 N–H and O–H groups in total. The predicted octanol–water partition coefficient (Wildman–Crippen LogP) is 4.68. The largest absolute Gasteiger partial charge is 0.496 e. The Morgan fingerprint density at radius 3 is 2.48 bits per heavy atom. The SMILES string of the molecule is CCCCCOc1ccc(PC(=O)c2c(Cl)cccc2OC)cc1.[Li]. The second kappa shape index (κ2) is 11.6. The first-order valence-corrected chi connectivity index (χ1v) is 9.40. The van der Waals surface area contributed by atoms with E-state index in [-0.39, 0.29) is 33.0 Å². The summed E-state index contributed by atoms with van der Waals surface area (Å²) >= 11 is 6.16. The number of hydrogen-bond donors (Lipinski definition) is 0. The van der Waals surface area contributed by atoms with Crippen molar-refractivity contribution in [1.82, 2.24) is 0 Å². The maximum absolute atomic E-state index is 12.6. The van der Waals surface area contributed by atoms with E-state index in [1.165, 1.54) is 20.0 Å². The Balaban J connectivity index is 0.00000312. The Bertz CT molecular complexity index is 677. The fourth-order valence-corrected chi connectivity index (χ4v) is 3.57. The van der Waals surface area contributed by atoms with Crippen molar-refractivity contribution >= 4 is 49.9 Å². The molecule has 6 heteroatoms. The van der Waals surface area contributed by atoms with Gasteiger partial charge in [-0.05, 0) is 44.6 Å². The van der Waals surface area contributed by atoms with Crippen LogP contribution >= 0.6 is 20.2 Å². The number of ether oxygens (including phenoxy) is 2. The molecular formula is C19H22ClLiO3P. The van der Waals surface area contributed by atoms with Crippen molar-refractivity contribution in [3.8, 4) is 11.5 Å². The van der Waals surface area contributed by atoms with Gasteiger partial charge in [0.25, 0.3) is 0 Å². The molecule has 0 saturated heterocycles. The standard InChI is InChI=1S/C19H22ClO3P.Li/c1-3-4-5-13-23-14-9-11-15(12-10-14)24-19(21)18-16(20)7-6-8-17(18)22-2;/h6-12,24H,3-5,13H2,1-2H3;. The number of halogens is 1. The summed E-state index contributed by atoms with van der Waals surface area (Å²) in [4.78, 5) is 12.6. The number of benzene rings is 2. The van der Waals surface area contributed by atoms with Crippen LogP contribution in [0.2, 0.25) is 5.02 Å². The van der Waals surface area contributed by atoms with Crippen molar-refractivity contribution in [2.24, 2.45) is 0 Å². The maximum Gasteiger partial charge on any atom is 0.190 e. The van der Waals surface area contributed by atoms with E-state index in [2.05, 4.69) is 6.92 Å². The van der Waals surface area contributed by atoms with Crippen LogP contribution < -0.4 is 14.8 Å². The van der Waals surface area contributed by atoms with Gasteiger partial charge < -0.3 is 9.47 Å². The van der Waals surface area contributed by atoms with Crippen LogP contribution in [0.1, 0.15) is 36.5 Å². The van der Waals surface area contributed by atoms with Crippen LogP contribution in [0.4, 0.5) is 0 Å². The van der Waals surface area contributed by atoms with Gasteiger partial charge >= 0.3 is 0 Å². The Labute approximate surface area is 168 Å². The molecule has 0 heterocycles. The van der Waals surface area contributed by atoms with E-state index >= 15 is 0 Å². The summed E-state index contributed by atoms with van der Waals surface area (Å²) in [5, 5.41) is 1.37. The van der Waals surface area contributed by atoms with Crippen molar-refractivity contribution in [3.63, 3.8) is 0 Å². The average Bonchev–Trinajstić information content (AvgIpc) is 2.59. The molecule has 0 amide bonds. The quantitative estimate of drug-likeness (QED) is 0.365. The minimum Gasteiger partial charge on any atom is -0.496 e. The molecule has 2 rings (SSSR count). The molecule has 1 atom stereocenters. The summed E-state index contributed by atoms with van der Waals surface area (Å²) in [5.74, 6) is 1.35. The van der Waals surface area contributed by atoms with Crippen LogP contribution in [0.15, 0.2) is 42.5 Å². The third-order valence-electron chi connectivity index (χ3n) is 3.55. The fraction of sp³-hybridized carbons (Fsp3) is 0.316. The topological polar surface area (TPSA) is 35.5 Å². The zero-order valence-corrected chi connectivity index (χ0v) is 16.7. The second-order valence-electron chi connectivity index (χ2n) is 5.35. The molecule has 1 radical (unpaired) electrons. The van der Waals surface area contributed by atoms with Gasteiger partial charge in [0, 0.05) is 18.9 Å². The first-order valence-electron chi connectivity index (χ1n) is 8.02. The van der Waals surface area contributed by atoms with Gasteiger partial charge in [-0.2, -0.15) is 0 Å². The van der Waals surface area contributed by atoms with Gasteiger partial charge in [-0.15, -0.1) is 0 Å². The zero-order chi connectivity index (χ0) is 17.4. The van der Waals surface area contributed by atoms with Crippen LogP contribution in [0.3, 0.4) is 0 Å². The minimum absolute atomic E-state index is 0. The van der Waals surface area contributed by atoms with E-state index in [1.54, 1.807) is 18.2 Å². The Hall–Kier alpha value is -0.973. The van der Waals surface area contributed by atoms with Crippen LogP contribution in [0.25, 0.3) is 0 Å². The molecule has 0 aliphatic heterocycles. The molecule has 0 aliphatic rings. The van der Waals surface area contributed by atoms with Crippen LogP contribution in [0, 0.1) is 0 Å². The van der Waals surface area contributed by atoms with E-state index in [4.69, 9.17) is 21.1 Å². The molecule has 129 valence electrons. The van der Waals surface area contributed by atoms with Gasteiger partial charge in [0.05, 0.1) is 24.3 Å². The van der Waals surface area contributed by atoms with Crippen LogP contribution in [-0.4, -0.2) is 38.1 Å². The second-order valence-corrected chi connectivity index (χ2v) is 7.04. The van der Waals surface area contributed by atoms with Crippen molar-refractivity contribution in [2.75, 3.05) is 13.7 Å². The zero-order valence-electron chi connectivity index (χ0n) is 15.0. The first-order chi connectivity index (χ1) is 11.7. The monoisotopic (exact) mass is 371 g/mol. The van der Waals surface area contributed by atoms with Gasteiger partial charge in [-0.25, -0.2) is 0 Å². The van der Waals surface area contributed by atoms with Crippen molar-refractivity contribution < 1.29 is 14.3 Å². The smallest absolute Gasteiger partial charge is 0.190 e. The Kier molecular flexibility index (Phi) is 10.2. The van der Waals surface area contributed by atoms with Crippen LogP contribution in [0.5, 0.6) is 11.5 Å².